The van der Waals surface area contributed by atoms with Crippen molar-refractivity contribution >= 4 is 11.9 Å². The summed E-state index contributed by atoms with van der Waals surface area (Å²) in [6.45, 7) is 2.49. The number of hydrogen-bond donors (Lipinski definition) is 2. The van der Waals surface area contributed by atoms with Gasteiger partial charge in [0, 0.05) is 32.4 Å². The zero-order valence-corrected chi connectivity index (χ0v) is 13.5. The molecule has 2 rings (SSSR count). The van der Waals surface area contributed by atoms with Crippen molar-refractivity contribution in [1.29, 1.82) is 0 Å². The number of ether oxygens (including phenoxy) is 1. The normalized spacial score (nSPS) is 18.3. The van der Waals surface area contributed by atoms with Crippen LogP contribution in [0, 0.1) is 0 Å². The largest absolute Gasteiger partial charge is 0.496 e. The summed E-state index contributed by atoms with van der Waals surface area (Å²) in [6, 6.07) is 7.60. The van der Waals surface area contributed by atoms with Gasteiger partial charge >= 0.3 is 5.97 Å². The number of rotatable bonds is 5. The highest BCUT2D eigenvalue weighted by molar-refractivity contribution is 5.80. The number of piperidine rings is 1. The number of carbonyl (C=O) groups is 2. The third-order valence-electron chi connectivity index (χ3n) is 4.49. The molecule has 1 unspecified atom stereocenters. The Balaban J connectivity index is 1.96. The molecule has 6 heteroatoms. The lowest BCUT2D eigenvalue weighted by Crippen LogP contribution is -2.50. The van der Waals surface area contributed by atoms with E-state index < -0.39 is 11.6 Å². The van der Waals surface area contributed by atoms with Gasteiger partial charge in [0.1, 0.15) is 5.75 Å². The number of benzene rings is 1. The number of likely N-dealkylation sites (tertiary alicyclic amines) is 1. The smallest absolute Gasteiger partial charge is 0.335 e. The second kappa shape index (κ2) is 7.00. The lowest BCUT2D eigenvalue weighted by molar-refractivity contribution is -0.165. The second-order valence-corrected chi connectivity index (χ2v) is 6.06. The fourth-order valence-corrected chi connectivity index (χ4v) is 2.91. The van der Waals surface area contributed by atoms with Gasteiger partial charge in [0.25, 0.3) is 0 Å². The van der Waals surface area contributed by atoms with Crippen LogP contribution in [-0.4, -0.2) is 52.8 Å². The number of aliphatic carboxylic acids is 1. The van der Waals surface area contributed by atoms with Gasteiger partial charge in [-0.1, -0.05) is 25.1 Å². The number of methoxy groups -OCH3 is 1. The molecule has 1 amide bonds. The fourth-order valence-electron chi connectivity index (χ4n) is 2.91. The molecule has 0 aliphatic carbocycles. The van der Waals surface area contributed by atoms with E-state index in [2.05, 4.69) is 0 Å². The minimum Gasteiger partial charge on any atom is -0.496 e. The van der Waals surface area contributed by atoms with Crippen LogP contribution in [0.15, 0.2) is 24.3 Å². The van der Waals surface area contributed by atoms with Gasteiger partial charge < -0.3 is 19.8 Å². The summed E-state index contributed by atoms with van der Waals surface area (Å²) < 4.78 is 5.32. The van der Waals surface area contributed by atoms with E-state index in [4.69, 9.17) is 9.84 Å². The third kappa shape index (κ3) is 3.82. The topological polar surface area (TPSA) is 87.1 Å². The van der Waals surface area contributed by atoms with Crippen molar-refractivity contribution in [2.75, 3.05) is 20.2 Å². The maximum Gasteiger partial charge on any atom is 0.335 e. The van der Waals surface area contributed by atoms with Crippen molar-refractivity contribution in [3.63, 3.8) is 0 Å². The molecule has 1 atom stereocenters. The first-order valence-corrected chi connectivity index (χ1v) is 7.74. The lowest BCUT2D eigenvalue weighted by atomic mass is 9.90. The zero-order valence-electron chi connectivity index (χ0n) is 13.5. The fraction of sp³-hybridized carbons (Fsp3) is 0.529. The standard InChI is InChI=1S/C17H23NO5/c1-12(13-5-3-4-6-14(13)23-2)11-15(19)18-9-7-17(22,8-10-18)16(20)21/h3-6,12,22H,7-11H2,1-2H3,(H,20,21). The van der Waals surface area contributed by atoms with Gasteiger partial charge in [-0.2, -0.15) is 0 Å². The number of carbonyl (C=O) groups excluding carboxylic acids is 1. The van der Waals surface area contributed by atoms with Crippen molar-refractivity contribution in [2.24, 2.45) is 0 Å². The Labute approximate surface area is 135 Å². The highest BCUT2D eigenvalue weighted by Crippen LogP contribution is 2.30. The summed E-state index contributed by atoms with van der Waals surface area (Å²) in [4.78, 5) is 25.1. The number of nitrogens with zero attached hydrogens (tertiary/aromatic N) is 1. The average Bonchev–Trinajstić information content (AvgIpc) is 2.55. The van der Waals surface area contributed by atoms with Crippen LogP contribution >= 0.6 is 0 Å². The summed E-state index contributed by atoms with van der Waals surface area (Å²) >= 11 is 0. The number of para-hydroxylation sites is 1. The molecule has 0 aromatic heterocycles. The molecule has 1 saturated heterocycles. The monoisotopic (exact) mass is 321 g/mol. The van der Waals surface area contributed by atoms with E-state index in [1.807, 2.05) is 31.2 Å². The molecule has 23 heavy (non-hydrogen) atoms. The summed E-state index contributed by atoms with van der Waals surface area (Å²) in [6.07, 6.45) is 0.458. The minimum absolute atomic E-state index is 0.000987. The van der Waals surface area contributed by atoms with Crippen molar-refractivity contribution in [3.05, 3.63) is 29.8 Å². The van der Waals surface area contributed by atoms with Gasteiger partial charge in [0.2, 0.25) is 5.91 Å². The maximum atomic E-state index is 12.4. The van der Waals surface area contributed by atoms with E-state index in [0.29, 0.717) is 6.42 Å². The molecule has 126 valence electrons. The van der Waals surface area contributed by atoms with Gasteiger partial charge in [-0.15, -0.1) is 0 Å². The number of hydrogen-bond acceptors (Lipinski definition) is 4. The Morgan fingerprint density at radius 2 is 1.91 bits per heavy atom. The van der Waals surface area contributed by atoms with Gasteiger partial charge in [-0.25, -0.2) is 4.79 Å². The van der Waals surface area contributed by atoms with Crippen LogP contribution in [-0.2, 0) is 9.59 Å². The SMILES string of the molecule is COc1ccccc1C(C)CC(=O)N1CCC(O)(C(=O)O)CC1. The van der Waals surface area contributed by atoms with Crippen LogP contribution < -0.4 is 4.74 Å². The summed E-state index contributed by atoms with van der Waals surface area (Å²) in [7, 11) is 1.60. The first-order valence-electron chi connectivity index (χ1n) is 7.74. The summed E-state index contributed by atoms with van der Waals surface area (Å²) in [5.41, 5.74) is -0.729. The number of carboxylic acid groups (broad SMARTS) is 1. The predicted octanol–water partition coefficient (Wildman–Crippen LogP) is 1.63. The van der Waals surface area contributed by atoms with Crippen molar-refractivity contribution in [2.45, 2.75) is 37.7 Å². The third-order valence-corrected chi connectivity index (χ3v) is 4.49. The Morgan fingerprint density at radius 3 is 2.48 bits per heavy atom. The molecule has 1 aromatic rings. The van der Waals surface area contributed by atoms with E-state index >= 15 is 0 Å². The van der Waals surface area contributed by atoms with Crippen molar-refractivity contribution in [3.8, 4) is 5.75 Å². The molecule has 1 aliphatic rings. The van der Waals surface area contributed by atoms with Crippen LogP contribution in [0.25, 0.3) is 0 Å². The van der Waals surface area contributed by atoms with Gasteiger partial charge in [-0.3, -0.25) is 4.79 Å². The lowest BCUT2D eigenvalue weighted by Gasteiger charge is -2.35. The minimum atomic E-state index is -1.70. The Hall–Kier alpha value is -2.08. The molecule has 1 fully saturated rings. The summed E-state index contributed by atoms with van der Waals surface area (Å²) in [5, 5.41) is 18.9. The quantitative estimate of drug-likeness (QED) is 0.860. The molecule has 0 bridgehead atoms. The zero-order chi connectivity index (χ0) is 17.0. The van der Waals surface area contributed by atoms with Crippen LogP contribution in [0.4, 0.5) is 0 Å². The molecule has 0 spiro atoms. The highest BCUT2D eigenvalue weighted by atomic mass is 16.5. The van der Waals surface area contributed by atoms with Crippen LogP contribution in [0.5, 0.6) is 5.75 Å². The van der Waals surface area contributed by atoms with E-state index in [1.54, 1.807) is 12.0 Å². The van der Waals surface area contributed by atoms with Crippen LogP contribution in [0.3, 0.4) is 0 Å². The molecular formula is C17H23NO5. The Kier molecular flexibility index (Phi) is 5.26. The van der Waals surface area contributed by atoms with Gasteiger partial charge in [0.05, 0.1) is 7.11 Å². The van der Waals surface area contributed by atoms with Crippen LogP contribution in [0.1, 0.15) is 37.7 Å². The van der Waals surface area contributed by atoms with E-state index in [9.17, 15) is 14.7 Å². The molecule has 2 N–H and O–H groups in total. The first kappa shape index (κ1) is 17.3. The predicted molar refractivity (Wildman–Crippen MR) is 84.4 cm³/mol. The first-order chi connectivity index (χ1) is 10.9. The van der Waals surface area contributed by atoms with E-state index in [1.165, 1.54) is 0 Å². The molecule has 0 saturated carbocycles. The maximum absolute atomic E-state index is 12.4. The molecular weight excluding hydrogens is 298 g/mol. The highest BCUT2D eigenvalue weighted by Gasteiger charge is 2.40. The number of aliphatic hydroxyl groups is 1. The molecule has 6 nitrogen and oxygen atoms in total. The molecule has 1 aromatic carbocycles. The Bertz CT molecular complexity index is 578. The number of carboxylic acids is 1. The summed E-state index contributed by atoms with van der Waals surface area (Å²) in [5.74, 6) is -0.492. The van der Waals surface area contributed by atoms with E-state index in [-0.39, 0.29) is 37.8 Å². The molecule has 0 radical (unpaired) electrons. The van der Waals surface area contributed by atoms with Gasteiger partial charge in [-0.05, 0) is 17.5 Å². The van der Waals surface area contributed by atoms with Crippen LogP contribution in [0.2, 0.25) is 0 Å². The molecule has 1 aliphatic heterocycles. The van der Waals surface area contributed by atoms with Crippen molar-refractivity contribution < 1.29 is 24.5 Å². The van der Waals surface area contributed by atoms with Gasteiger partial charge in [0.15, 0.2) is 5.60 Å². The van der Waals surface area contributed by atoms with E-state index in [0.717, 1.165) is 11.3 Å². The Morgan fingerprint density at radius 1 is 1.30 bits per heavy atom. The van der Waals surface area contributed by atoms with Crippen molar-refractivity contribution in [1.82, 2.24) is 4.90 Å². The second-order valence-electron chi connectivity index (χ2n) is 6.06. The number of amides is 1. The average molecular weight is 321 g/mol. The molecule has 1 heterocycles.